The van der Waals surface area contributed by atoms with E-state index in [2.05, 4.69) is 20.3 Å². The molecule has 0 fully saturated rings. The van der Waals surface area contributed by atoms with E-state index < -0.39 is 17.6 Å². The van der Waals surface area contributed by atoms with Crippen LogP contribution in [0.15, 0.2) is 67.0 Å². The molecule has 6 nitrogen and oxygen atoms in total. The van der Waals surface area contributed by atoms with Gasteiger partial charge in [-0.2, -0.15) is 13.2 Å². The minimum atomic E-state index is -4.46. The SMILES string of the molecule is O=C(Nc1nc2ccc(C(F)(F)F)cc2[nH]1)c1ccc(Oc2cccnc2)cc1. The molecular weight excluding hydrogens is 385 g/mol. The molecule has 2 N–H and O–H groups in total. The summed E-state index contributed by atoms with van der Waals surface area (Å²) in [4.78, 5) is 23.1. The van der Waals surface area contributed by atoms with Crippen molar-refractivity contribution in [3.05, 3.63) is 78.1 Å². The molecule has 0 spiro atoms. The molecule has 0 aliphatic heterocycles. The fourth-order valence-electron chi connectivity index (χ4n) is 2.64. The summed E-state index contributed by atoms with van der Waals surface area (Å²) in [5.41, 5.74) is 0.0274. The molecule has 0 radical (unpaired) electrons. The van der Waals surface area contributed by atoms with Gasteiger partial charge >= 0.3 is 6.18 Å². The normalized spacial score (nSPS) is 11.4. The lowest BCUT2D eigenvalue weighted by atomic mass is 10.2. The number of amides is 1. The fourth-order valence-corrected chi connectivity index (χ4v) is 2.64. The highest BCUT2D eigenvalue weighted by molar-refractivity contribution is 6.04. The zero-order chi connectivity index (χ0) is 20.4. The van der Waals surface area contributed by atoms with Crippen LogP contribution in [-0.2, 0) is 6.18 Å². The smallest absolute Gasteiger partial charge is 0.416 e. The van der Waals surface area contributed by atoms with Crippen LogP contribution in [0, 0.1) is 0 Å². The number of carbonyl (C=O) groups excluding carboxylic acids is 1. The van der Waals surface area contributed by atoms with Gasteiger partial charge in [-0.15, -0.1) is 0 Å². The van der Waals surface area contributed by atoms with E-state index in [9.17, 15) is 18.0 Å². The van der Waals surface area contributed by atoms with Crippen molar-refractivity contribution in [2.45, 2.75) is 6.18 Å². The number of pyridine rings is 1. The van der Waals surface area contributed by atoms with Crippen molar-refractivity contribution in [2.75, 3.05) is 5.32 Å². The van der Waals surface area contributed by atoms with E-state index in [4.69, 9.17) is 4.74 Å². The maximum absolute atomic E-state index is 12.8. The Bertz CT molecular complexity index is 1160. The molecule has 1 amide bonds. The summed E-state index contributed by atoms with van der Waals surface area (Å²) in [6, 6.07) is 13.0. The number of carbonyl (C=O) groups is 1. The first-order chi connectivity index (χ1) is 13.9. The highest BCUT2D eigenvalue weighted by Crippen LogP contribution is 2.31. The Balaban J connectivity index is 1.47. The van der Waals surface area contributed by atoms with Gasteiger partial charge < -0.3 is 9.72 Å². The predicted octanol–water partition coefficient (Wildman–Crippen LogP) is 5.02. The molecule has 4 rings (SSSR count). The third kappa shape index (κ3) is 4.18. The third-order valence-corrected chi connectivity index (χ3v) is 4.03. The number of ether oxygens (including phenoxy) is 1. The van der Waals surface area contributed by atoms with Gasteiger partial charge in [0, 0.05) is 11.8 Å². The summed E-state index contributed by atoms with van der Waals surface area (Å²) in [5.74, 6) is 0.677. The molecule has 0 saturated carbocycles. The lowest BCUT2D eigenvalue weighted by molar-refractivity contribution is -0.137. The average molecular weight is 398 g/mol. The number of hydrogen-bond acceptors (Lipinski definition) is 4. The minimum Gasteiger partial charge on any atom is -0.456 e. The van der Waals surface area contributed by atoms with Crippen molar-refractivity contribution in [3.8, 4) is 11.5 Å². The minimum absolute atomic E-state index is 0.0556. The van der Waals surface area contributed by atoms with Crippen molar-refractivity contribution in [2.24, 2.45) is 0 Å². The Labute approximate surface area is 162 Å². The number of hydrogen-bond donors (Lipinski definition) is 2. The monoisotopic (exact) mass is 398 g/mol. The Morgan fingerprint density at radius 1 is 1.03 bits per heavy atom. The number of nitrogens with zero attached hydrogens (tertiary/aromatic N) is 2. The van der Waals surface area contributed by atoms with Crippen LogP contribution in [0.2, 0.25) is 0 Å². The van der Waals surface area contributed by atoms with E-state index >= 15 is 0 Å². The molecule has 0 saturated heterocycles. The average Bonchev–Trinajstić information content (AvgIpc) is 3.10. The van der Waals surface area contributed by atoms with Crippen molar-refractivity contribution < 1.29 is 22.7 Å². The highest BCUT2D eigenvalue weighted by atomic mass is 19.4. The molecular formula is C20H13F3N4O2. The molecule has 0 aliphatic carbocycles. The van der Waals surface area contributed by atoms with E-state index in [0.717, 1.165) is 12.1 Å². The molecule has 0 aliphatic rings. The highest BCUT2D eigenvalue weighted by Gasteiger charge is 2.30. The van der Waals surface area contributed by atoms with Gasteiger partial charge in [0.05, 0.1) is 22.8 Å². The second-order valence-electron chi connectivity index (χ2n) is 6.08. The van der Waals surface area contributed by atoms with Gasteiger partial charge in [0.1, 0.15) is 11.5 Å². The van der Waals surface area contributed by atoms with Crippen LogP contribution in [-0.4, -0.2) is 20.9 Å². The predicted molar refractivity (Wildman–Crippen MR) is 99.8 cm³/mol. The largest absolute Gasteiger partial charge is 0.456 e. The maximum Gasteiger partial charge on any atom is 0.416 e. The molecule has 2 aromatic carbocycles. The van der Waals surface area contributed by atoms with E-state index in [1.165, 1.54) is 6.07 Å². The van der Waals surface area contributed by atoms with Gasteiger partial charge in [0.2, 0.25) is 5.95 Å². The quantitative estimate of drug-likeness (QED) is 0.506. The zero-order valence-corrected chi connectivity index (χ0v) is 14.7. The van der Waals surface area contributed by atoms with Crippen LogP contribution in [0.5, 0.6) is 11.5 Å². The van der Waals surface area contributed by atoms with E-state index in [0.29, 0.717) is 22.6 Å². The number of alkyl halides is 3. The van der Waals surface area contributed by atoms with Crippen LogP contribution < -0.4 is 10.1 Å². The summed E-state index contributed by atoms with van der Waals surface area (Å²) in [5, 5.41) is 2.54. The van der Waals surface area contributed by atoms with Crippen molar-refractivity contribution in [1.82, 2.24) is 15.0 Å². The number of anilines is 1. The van der Waals surface area contributed by atoms with Crippen LogP contribution >= 0.6 is 0 Å². The number of aromatic nitrogens is 3. The van der Waals surface area contributed by atoms with Gasteiger partial charge in [-0.05, 0) is 54.6 Å². The van der Waals surface area contributed by atoms with Gasteiger partial charge in [-0.25, -0.2) is 4.98 Å². The van der Waals surface area contributed by atoms with Crippen LogP contribution in [0.3, 0.4) is 0 Å². The Kier molecular flexibility index (Phi) is 4.63. The molecule has 9 heteroatoms. The summed E-state index contributed by atoms with van der Waals surface area (Å²) >= 11 is 0. The fraction of sp³-hybridized carbons (Fsp3) is 0.0500. The molecule has 2 heterocycles. The first-order valence-electron chi connectivity index (χ1n) is 8.45. The number of nitrogens with one attached hydrogen (secondary N) is 2. The lowest BCUT2D eigenvalue weighted by Gasteiger charge is -2.06. The molecule has 0 atom stereocenters. The molecule has 4 aromatic rings. The lowest BCUT2D eigenvalue weighted by Crippen LogP contribution is -2.12. The molecule has 0 bridgehead atoms. The van der Waals surface area contributed by atoms with Crippen LogP contribution in [0.25, 0.3) is 11.0 Å². The summed E-state index contributed by atoms with van der Waals surface area (Å²) in [7, 11) is 0. The van der Waals surface area contributed by atoms with Crippen molar-refractivity contribution in [1.29, 1.82) is 0 Å². The molecule has 146 valence electrons. The van der Waals surface area contributed by atoms with E-state index in [-0.39, 0.29) is 11.5 Å². The van der Waals surface area contributed by atoms with Crippen LogP contribution in [0.1, 0.15) is 15.9 Å². The number of fused-ring (bicyclic) bond motifs is 1. The number of halogens is 3. The Hall–Kier alpha value is -3.88. The van der Waals surface area contributed by atoms with Crippen LogP contribution in [0.4, 0.5) is 19.1 Å². The molecule has 0 unspecified atom stereocenters. The maximum atomic E-state index is 12.8. The van der Waals surface area contributed by atoms with Gasteiger partial charge in [-0.3, -0.25) is 15.1 Å². The zero-order valence-electron chi connectivity index (χ0n) is 14.7. The first kappa shape index (κ1) is 18.5. The van der Waals surface area contributed by atoms with Gasteiger partial charge in [-0.1, -0.05) is 0 Å². The van der Waals surface area contributed by atoms with E-state index in [1.54, 1.807) is 48.8 Å². The third-order valence-electron chi connectivity index (χ3n) is 4.03. The number of H-pyrrole nitrogens is 1. The standard InChI is InChI=1S/C20H13F3N4O2/c21-20(22,23)13-5-8-16-17(10-13)26-19(25-16)27-18(28)12-3-6-14(7-4-12)29-15-2-1-9-24-11-15/h1-11H,(H2,25,26,27,28). The molecule has 29 heavy (non-hydrogen) atoms. The topological polar surface area (TPSA) is 79.9 Å². The first-order valence-corrected chi connectivity index (χ1v) is 8.45. The molecule has 2 aromatic heterocycles. The Morgan fingerprint density at radius 2 is 1.83 bits per heavy atom. The second-order valence-corrected chi connectivity index (χ2v) is 6.08. The van der Waals surface area contributed by atoms with E-state index in [1.807, 2.05) is 0 Å². The van der Waals surface area contributed by atoms with Crippen molar-refractivity contribution >= 4 is 22.9 Å². The summed E-state index contributed by atoms with van der Waals surface area (Å²) in [6.07, 6.45) is -1.27. The number of imidazole rings is 1. The number of aromatic amines is 1. The number of rotatable bonds is 4. The van der Waals surface area contributed by atoms with Gasteiger partial charge in [0.25, 0.3) is 5.91 Å². The van der Waals surface area contributed by atoms with Crippen molar-refractivity contribution in [3.63, 3.8) is 0 Å². The Morgan fingerprint density at radius 3 is 2.52 bits per heavy atom. The summed E-state index contributed by atoms with van der Waals surface area (Å²) < 4.78 is 44.0. The number of benzene rings is 2. The summed E-state index contributed by atoms with van der Waals surface area (Å²) in [6.45, 7) is 0. The van der Waals surface area contributed by atoms with Gasteiger partial charge in [0.15, 0.2) is 0 Å². The second kappa shape index (κ2) is 7.27.